The fourth-order valence-corrected chi connectivity index (χ4v) is 6.39. The fourth-order valence-electron chi connectivity index (χ4n) is 2.98. The summed E-state index contributed by atoms with van der Waals surface area (Å²) < 4.78 is 12.7. The normalized spacial score (nSPS) is 15.0. The molecule has 27 heavy (non-hydrogen) atoms. The van der Waals surface area contributed by atoms with E-state index in [0.717, 1.165) is 23.7 Å². The Morgan fingerprint density at radius 1 is 1.07 bits per heavy atom. The van der Waals surface area contributed by atoms with Gasteiger partial charge in [0, 0.05) is 30.5 Å². The third kappa shape index (κ3) is 7.99. The van der Waals surface area contributed by atoms with Crippen molar-refractivity contribution >= 4 is 31.5 Å². The second-order valence-corrected chi connectivity index (χ2v) is 13.6. The summed E-state index contributed by atoms with van der Waals surface area (Å²) in [5.41, 5.74) is 0.676. The molecule has 0 aliphatic rings. The van der Waals surface area contributed by atoms with Crippen molar-refractivity contribution in [2.24, 2.45) is 0 Å². The number of aromatic nitrogens is 1. The molecule has 0 amide bonds. The Labute approximate surface area is 176 Å². The highest BCUT2D eigenvalue weighted by Crippen LogP contribution is 2.36. The van der Waals surface area contributed by atoms with Crippen LogP contribution in [0.15, 0.2) is 12.4 Å². The van der Waals surface area contributed by atoms with Crippen LogP contribution in [0, 0.1) is 0 Å². The number of hydrogen-bond acceptors (Lipinski definition) is 4. The van der Waals surface area contributed by atoms with Gasteiger partial charge in [-0.25, -0.2) is 0 Å². The lowest BCUT2D eigenvalue weighted by atomic mass is 10.1. The van der Waals surface area contributed by atoms with Crippen LogP contribution in [0.3, 0.4) is 0 Å². The topological polar surface area (TPSA) is 43.4 Å². The zero-order valence-corrected chi connectivity index (χ0v) is 20.4. The summed E-state index contributed by atoms with van der Waals surface area (Å²) in [5.74, 6) is 0. The zero-order valence-electron chi connectivity index (χ0n) is 17.9. The SMILES string of the molecule is CC[Si](CC)(CC)OC(CNC(C)COC(C)(C)C)c1c(Cl)cncc1Cl. The largest absolute Gasteiger partial charge is 0.409 e. The number of rotatable bonds is 11. The Balaban J connectivity index is 2.98. The van der Waals surface area contributed by atoms with Crippen LogP contribution in [0.1, 0.15) is 60.1 Å². The number of pyridine rings is 1. The van der Waals surface area contributed by atoms with Gasteiger partial charge >= 0.3 is 0 Å². The first-order valence-corrected chi connectivity index (χ1v) is 13.2. The molecule has 0 radical (unpaired) electrons. The average Bonchev–Trinajstić information content (AvgIpc) is 2.61. The lowest BCUT2D eigenvalue weighted by molar-refractivity contribution is -0.0132. The minimum atomic E-state index is -1.84. The number of halogens is 2. The van der Waals surface area contributed by atoms with Crippen molar-refractivity contribution < 1.29 is 9.16 Å². The molecule has 4 nitrogen and oxygen atoms in total. The monoisotopic (exact) mass is 434 g/mol. The Hall–Kier alpha value is -0.173. The first-order chi connectivity index (χ1) is 12.6. The van der Waals surface area contributed by atoms with Crippen LogP contribution in [0.2, 0.25) is 28.2 Å². The van der Waals surface area contributed by atoms with E-state index in [2.05, 4.69) is 58.8 Å². The molecule has 0 aromatic carbocycles. The van der Waals surface area contributed by atoms with Crippen LogP contribution in [0.5, 0.6) is 0 Å². The molecule has 2 unspecified atom stereocenters. The first-order valence-electron chi connectivity index (χ1n) is 9.91. The molecule has 1 aromatic heterocycles. The van der Waals surface area contributed by atoms with Gasteiger partial charge in [0.15, 0.2) is 8.32 Å². The summed E-state index contributed by atoms with van der Waals surface area (Å²) in [7, 11) is -1.84. The van der Waals surface area contributed by atoms with E-state index in [-0.39, 0.29) is 17.7 Å². The molecule has 0 bridgehead atoms. The molecule has 1 N–H and O–H groups in total. The van der Waals surface area contributed by atoms with E-state index in [1.54, 1.807) is 12.4 Å². The number of ether oxygens (including phenoxy) is 1. The van der Waals surface area contributed by atoms with Crippen molar-refractivity contribution in [2.75, 3.05) is 13.2 Å². The summed E-state index contributed by atoms with van der Waals surface area (Å²) in [6.07, 6.45) is 3.08. The van der Waals surface area contributed by atoms with Crippen molar-refractivity contribution in [1.82, 2.24) is 10.3 Å². The fraction of sp³-hybridized carbons (Fsp3) is 0.750. The quantitative estimate of drug-likeness (QED) is 0.418. The van der Waals surface area contributed by atoms with Gasteiger partial charge in [-0.1, -0.05) is 44.0 Å². The van der Waals surface area contributed by atoms with E-state index < -0.39 is 8.32 Å². The maximum Gasteiger partial charge on any atom is 0.192 e. The maximum absolute atomic E-state index is 6.77. The standard InChI is InChI=1S/C20H36Cl2N2O2Si/c1-8-27(9-2,10-3)26-18(19-16(21)11-23-12-17(19)22)13-24-15(4)14-25-20(5,6)7/h11-12,15,18,24H,8-10,13-14H2,1-7H3. The molecule has 0 fully saturated rings. The van der Waals surface area contributed by atoms with Gasteiger partial charge in [0.1, 0.15) is 0 Å². The average molecular weight is 436 g/mol. The lowest BCUT2D eigenvalue weighted by Gasteiger charge is -2.35. The van der Waals surface area contributed by atoms with Crippen LogP contribution in [0.4, 0.5) is 0 Å². The Morgan fingerprint density at radius 3 is 2.04 bits per heavy atom. The predicted octanol–water partition coefficient (Wildman–Crippen LogP) is 6.24. The van der Waals surface area contributed by atoms with E-state index in [0.29, 0.717) is 23.2 Å². The molecular formula is C20H36Cl2N2O2Si. The first kappa shape index (κ1) is 24.9. The molecule has 1 heterocycles. The molecule has 7 heteroatoms. The van der Waals surface area contributed by atoms with E-state index in [1.807, 2.05) is 0 Å². The smallest absolute Gasteiger partial charge is 0.192 e. The second kappa shape index (κ2) is 11.1. The summed E-state index contributed by atoms with van der Waals surface area (Å²) >= 11 is 12.9. The molecule has 0 aliphatic carbocycles. The van der Waals surface area contributed by atoms with Crippen molar-refractivity contribution in [3.8, 4) is 0 Å². The molecule has 0 aliphatic heterocycles. The minimum absolute atomic E-state index is 0.155. The molecule has 0 spiro atoms. The summed E-state index contributed by atoms with van der Waals surface area (Å²) in [4.78, 5) is 4.09. The van der Waals surface area contributed by atoms with Crippen molar-refractivity contribution in [3.05, 3.63) is 28.0 Å². The Morgan fingerprint density at radius 2 is 1.59 bits per heavy atom. The summed E-state index contributed by atoms with van der Waals surface area (Å²) in [6, 6.07) is 3.40. The van der Waals surface area contributed by atoms with Gasteiger partial charge < -0.3 is 14.5 Å². The number of nitrogens with one attached hydrogen (secondary N) is 1. The van der Waals surface area contributed by atoms with E-state index in [1.165, 1.54) is 0 Å². The summed E-state index contributed by atoms with van der Waals surface area (Å²) in [6.45, 7) is 16.2. The predicted molar refractivity (Wildman–Crippen MR) is 118 cm³/mol. The Kier molecular flexibility index (Phi) is 10.2. The third-order valence-corrected chi connectivity index (χ3v) is 10.2. The number of hydrogen-bond donors (Lipinski definition) is 1. The van der Waals surface area contributed by atoms with Gasteiger partial charge in [-0.05, 0) is 45.8 Å². The van der Waals surface area contributed by atoms with Gasteiger partial charge in [-0.15, -0.1) is 0 Å². The van der Waals surface area contributed by atoms with Crippen molar-refractivity contribution in [1.29, 1.82) is 0 Å². The molecule has 156 valence electrons. The van der Waals surface area contributed by atoms with Gasteiger partial charge in [0.25, 0.3) is 0 Å². The van der Waals surface area contributed by atoms with Crippen LogP contribution in [0.25, 0.3) is 0 Å². The number of nitrogens with zero attached hydrogens (tertiary/aromatic N) is 1. The summed E-state index contributed by atoms with van der Waals surface area (Å²) in [5, 5.41) is 4.65. The zero-order chi connectivity index (χ0) is 20.7. The molecule has 1 rings (SSSR count). The van der Waals surface area contributed by atoms with E-state index >= 15 is 0 Å². The van der Waals surface area contributed by atoms with Gasteiger partial charge in [-0.3, -0.25) is 4.98 Å². The van der Waals surface area contributed by atoms with Crippen LogP contribution in [-0.4, -0.2) is 38.1 Å². The Bertz CT molecular complexity index is 549. The molecule has 1 aromatic rings. The van der Waals surface area contributed by atoms with Crippen LogP contribution >= 0.6 is 23.2 Å². The van der Waals surface area contributed by atoms with Gasteiger partial charge in [-0.2, -0.15) is 0 Å². The lowest BCUT2D eigenvalue weighted by Crippen LogP contribution is -2.42. The van der Waals surface area contributed by atoms with Crippen molar-refractivity contribution in [3.63, 3.8) is 0 Å². The minimum Gasteiger partial charge on any atom is -0.409 e. The highest BCUT2D eigenvalue weighted by Gasteiger charge is 2.34. The molecular weight excluding hydrogens is 399 g/mol. The highest BCUT2D eigenvalue weighted by molar-refractivity contribution is 6.73. The molecule has 0 saturated carbocycles. The van der Waals surface area contributed by atoms with Crippen LogP contribution < -0.4 is 5.32 Å². The van der Waals surface area contributed by atoms with Crippen LogP contribution in [-0.2, 0) is 9.16 Å². The second-order valence-electron chi connectivity index (χ2n) is 8.10. The van der Waals surface area contributed by atoms with E-state index in [9.17, 15) is 0 Å². The van der Waals surface area contributed by atoms with E-state index in [4.69, 9.17) is 32.4 Å². The van der Waals surface area contributed by atoms with Gasteiger partial charge in [0.05, 0.1) is 28.4 Å². The highest BCUT2D eigenvalue weighted by atomic mass is 35.5. The maximum atomic E-state index is 6.77. The third-order valence-electron chi connectivity index (χ3n) is 4.96. The van der Waals surface area contributed by atoms with Gasteiger partial charge in [0.2, 0.25) is 0 Å². The van der Waals surface area contributed by atoms with Crippen molar-refractivity contribution in [2.45, 2.75) is 84.3 Å². The molecule has 2 atom stereocenters. The molecule has 0 saturated heterocycles.